The first-order chi connectivity index (χ1) is 15.4. The Balaban J connectivity index is 1.78. The topological polar surface area (TPSA) is 58.6 Å². The molecule has 0 atom stereocenters. The van der Waals surface area contributed by atoms with Crippen molar-refractivity contribution in [2.24, 2.45) is 0 Å². The fourth-order valence-electron chi connectivity index (χ4n) is 3.64. The molecular formula is C26H23FN2O3. The number of nitrogens with one attached hydrogen (secondary N) is 1. The summed E-state index contributed by atoms with van der Waals surface area (Å²) in [5, 5.41) is 3.10. The van der Waals surface area contributed by atoms with E-state index < -0.39 is 17.6 Å². The van der Waals surface area contributed by atoms with Gasteiger partial charge in [0, 0.05) is 17.3 Å². The lowest BCUT2D eigenvalue weighted by Gasteiger charge is -2.16. The third kappa shape index (κ3) is 3.99. The summed E-state index contributed by atoms with van der Waals surface area (Å²) in [6, 6.07) is 18.8. The maximum absolute atomic E-state index is 14.2. The number of hydrogen-bond acceptors (Lipinski definition) is 4. The Hall–Kier alpha value is -3.93. The summed E-state index contributed by atoms with van der Waals surface area (Å²) in [7, 11) is 1.55. The number of anilines is 1. The van der Waals surface area contributed by atoms with Crippen LogP contribution in [0, 0.1) is 19.7 Å². The fourth-order valence-corrected chi connectivity index (χ4v) is 3.64. The lowest BCUT2D eigenvalue weighted by Crippen LogP contribution is -2.32. The number of benzene rings is 3. The molecule has 162 valence electrons. The highest BCUT2D eigenvalue weighted by atomic mass is 19.1. The van der Waals surface area contributed by atoms with Gasteiger partial charge in [0.15, 0.2) is 0 Å². The predicted molar refractivity (Wildman–Crippen MR) is 121 cm³/mol. The second-order valence-electron chi connectivity index (χ2n) is 7.69. The Bertz CT molecular complexity index is 1250. The van der Waals surface area contributed by atoms with Gasteiger partial charge in [0.2, 0.25) is 0 Å². The number of ether oxygens (including phenoxy) is 1. The molecule has 32 heavy (non-hydrogen) atoms. The lowest BCUT2D eigenvalue weighted by molar-refractivity contribution is -0.137. The van der Waals surface area contributed by atoms with Crippen LogP contribution in [0.3, 0.4) is 0 Å². The van der Waals surface area contributed by atoms with Gasteiger partial charge in [-0.05, 0) is 48.7 Å². The molecular weight excluding hydrogens is 407 g/mol. The van der Waals surface area contributed by atoms with E-state index in [9.17, 15) is 14.0 Å². The van der Waals surface area contributed by atoms with E-state index in [0.29, 0.717) is 17.0 Å². The monoisotopic (exact) mass is 430 g/mol. The molecule has 6 heteroatoms. The first-order valence-electron chi connectivity index (χ1n) is 10.2. The quantitative estimate of drug-likeness (QED) is 0.569. The Kier molecular flexibility index (Phi) is 5.77. The van der Waals surface area contributed by atoms with E-state index in [1.54, 1.807) is 49.6 Å². The van der Waals surface area contributed by atoms with Crippen LogP contribution in [0.25, 0.3) is 5.57 Å². The van der Waals surface area contributed by atoms with Crippen LogP contribution in [0.4, 0.5) is 10.1 Å². The molecule has 0 aromatic heterocycles. The fraction of sp³-hybridized carbons (Fsp3) is 0.154. The third-order valence-electron chi connectivity index (χ3n) is 5.59. The van der Waals surface area contributed by atoms with E-state index in [-0.39, 0.29) is 23.4 Å². The molecule has 0 saturated heterocycles. The van der Waals surface area contributed by atoms with Gasteiger partial charge in [0.1, 0.15) is 17.3 Å². The number of imide groups is 1. The minimum absolute atomic E-state index is 0.151. The second-order valence-corrected chi connectivity index (χ2v) is 7.69. The number of rotatable bonds is 6. The van der Waals surface area contributed by atoms with Gasteiger partial charge in [-0.2, -0.15) is 0 Å². The van der Waals surface area contributed by atoms with Gasteiger partial charge in [-0.3, -0.25) is 14.5 Å². The zero-order valence-electron chi connectivity index (χ0n) is 18.1. The second kappa shape index (κ2) is 8.67. The van der Waals surface area contributed by atoms with Crippen molar-refractivity contribution < 1.29 is 18.7 Å². The Labute approximate surface area is 186 Å². The van der Waals surface area contributed by atoms with Gasteiger partial charge in [-0.25, -0.2) is 4.39 Å². The van der Waals surface area contributed by atoms with Crippen LogP contribution in [0.1, 0.15) is 22.3 Å². The maximum atomic E-state index is 14.2. The van der Waals surface area contributed by atoms with Crippen LogP contribution < -0.4 is 10.1 Å². The number of nitrogens with zero attached hydrogens (tertiary/aromatic N) is 1. The highest BCUT2D eigenvalue weighted by Gasteiger charge is 2.39. The molecule has 0 spiro atoms. The molecule has 3 aromatic rings. The van der Waals surface area contributed by atoms with Crippen LogP contribution in [0.2, 0.25) is 0 Å². The number of carbonyl (C=O) groups excluding carboxylic acids is 2. The summed E-state index contributed by atoms with van der Waals surface area (Å²) in [5.74, 6) is -0.820. The third-order valence-corrected chi connectivity index (χ3v) is 5.59. The molecule has 1 heterocycles. The number of amides is 2. The molecule has 4 rings (SSSR count). The van der Waals surface area contributed by atoms with E-state index in [0.717, 1.165) is 16.0 Å². The van der Waals surface area contributed by atoms with Gasteiger partial charge in [-0.1, -0.05) is 42.5 Å². The average Bonchev–Trinajstić information content (AvgIpc) is 3.01. The highest BCUT2D eigenvalue weighted by Crippen LogP contribution is 2.33. The van der Waals surface area contributed by atoms with E-state index in [4.69, 9.17) is 4.74 Å². The van der Waals surface area contributed by atoms with Gasteiger partial charge in [0.05, 0.1) is 19.2 Å². The molecule has 2 amide bonds. The van der Waals surface area contributed by atoms with E-state index in [1.165, 1.54) is 6.07 Å². The van der Waals surface area contributed by atoms with Crippen LogP contribution in [0.15, 0.2) is 72.4 Å². The standard InChI is InChI=1S/C26H23FN2O3/c1-16-11-12-18(13-17(16)2)23-24(28-20-8-6-9-21(14-20)32-3)26(31)29(25(23)30)15-19-7-4-5-10-22(19)27/h4-14,28H,15H2,1-3H3. The van der Waals surface area contributed by atoms with Crippen molar-refractivity contribution in [1.82, 2.24) is 4.90 Å². The first-order valence-corrected chi connectivity index (χ1v) is 10.2. The Morgan fingerprint density at radius 3 is 2.41 bits per heavy atom. The molecule has 1 aliphatic rings. The van der Waals surface area contributed by atoms with Crippen molar-refractivity contribution >= 4 is 23.1 Å². The summed E-state index contributed by atoms with van der Waals surface area (Å²) in [6.45, 7) is 3.78. The number of carbonyl (C=O) groups is 2. The molecule has 0 aliphatic carbocycles. The smallest absolute Gasteiger partial charge is 0.278 e. The summed E-state index contributed by atoms with van der Waals surface area (Å²) >= 11 is 0. The summed E-state index contributed by atoms with van der Waals surface area (Å²) < 4.78 is 19.5. The molecule has 1 aliphatic heterocycles. The summed E-state index contributed by atoms with van der Waals surface area (Å²) in [4.78, 5) is 27.8. The normalized spacial score (nSPS) is 13.7. The Morgan fingerprint density at radius 2 is 1.69 bits per heavy atom. The highest BCUT2D eigenvalue weighted by molar-refractivity contribution is 6.36. The van der Waals surface area contributed by atoms with Crippen molar-refractivity contribution in [2.75, 3.05) is 12.4 Å². The van der Waals surface area contributed by atoms with Crippen molar-refractivity contribution in [3.63, 3.8) is 0 Å². The van der Waals surface area contributed by atoms with Crippen LogP contribution in [0.5, 0.6) is 5.75 Å². The minimum Gasteiger partial charge on any atom is -0.497 e. The SMILES string of the molecule is COc1cccc(NC2=C(c3ccc(C)c(C)c3)C(=O)N(Cc3ccccc3F)C2=O)c1. The molecule has 0 fully saturated rings. The molecule has 0 radical (unpaired) electrons. The molecule has 0 saturated carbocycles. The largest absolute Gasteiger partial charge is 0.497 e. The number of methoxy groups -OCH3 is 1. The van der Waals surface area contributed by atoms with Crippen LogP contribution >= 0.6 is 0 Å². The zero-order valence-corrected chi connectivity index (χ0v) is 18.1. The number of halogens is 1. The summed E-state index contributed by atoms with van der Waals surface area (Å²) in [6.07, 6.45) is 0. The number of hydrogen-bond donors (Lipinski definition) is 1. The van der Waals surface area contributed by atoms with Gasteiger partial charge in [-0.15, -0.1) is 0 Å². The van der Waals surface area contributed by atoms with Crippen molar-refractivity contribution in [1.29, 1.82) is 0 Å². The maximum Gasteiger partial charge on any atom is 0.278 e. The molecule has 3 aromatic carbocycles. The van der Waals surface area contributed by atoms with Gasteiger partial charge in [0.25, 0.3) is 11.8 Å². The van der Waals surface area contributed by atoms with Gasteiger partial charge < -0.3 is 10.1 Å². The van der Waals surface area contributed by atoms with Crippen molar-refractivity contribution in [3.05, 3.63) is 100 Å². The first kappa shape index (κ1) is 21.3. The van der Waals surface area contributed by atoms with E-state index in [2.05, 4.69) is 5.32 Å². The molecule has 5 nitrogen and oxygen atoms in total. The summed E-state index contributed by atoms with van der Waals surface area (Å²) in [5.41, 5.74) is 4.01. The van der Waals surface area contributed by atoms with Crippen LogP contribution in [-0.4, -0.2) is 23.8 Å². The van der Waals surface area contributed by atoms with Gasteiger partial charge >= 0.3 is 0 Å². The predicted octanol–water partition coefficient (Wildman–Crippen LogP) is 4.84. The van der Waals surface area contributed by atoms with Crippen LogP contribution in [-0.2, 0) is 16.1 Å². The molecule has 0 bridgehead atoms. The molecule has 0 unspecified atom stereocenters. The zero-order chi connectivity index (χ0) is 22.8. The molecule has 1 N–H and O–H groups in total. The minimum atomic E-state index is -0.505. The Morgan fingerprint density at radius 1 is 0.906 bits per heavy atom. The number of aryl methyl sites for hydroxylation is 2. The van der Waals surface area contributed by atoms with Crippen molar-refractivity contribution in [3.8, 4) is 5.75 Å². The van der Waals surface area contributed by atoms with Crippen molar-refractivity contribution in [2.45, 2.75) is 20.4 Å². The van der Waals surface area contributed by atoms with E-state index >= 15 is 0 Å². The lowest BCUT2D eigenvalue weighted by atomic mass is 9.99. The van der Waals surface area contributed by atoms with E-state index in [1.807, 2.05) is 32.0 Å². The average molecular weight is 430 g/mol.